The Hall–Kier alpha value is -1.87. The molecule has 3 heteroatoms. The lowest BCUT2D eigenvalue weighted by Crippen LogP contribution is -1.80. The van der Waals surface area contributed by atoms with Crippen molar-refractivity contribution in [2.24, 2.45) is 0 Å². The minimum Gasteiger partial charge on any atom is -0.256 e. The summed E-state index contributed by atoms with van der Waals surface area (Å²) in [5.74, 6) is 0. The molecule has 3 aromatic rings. The zero-order chi connectivity index (χ0) is 11.5. The molecule has 0 saturated carbocycles. The molecule has 1 aromatic carbocycles. The first-order chi connectivity index (χ1) is 8.42. The molecule has 0 N–H and O–H groups in total. The van der Waals surface area contributed by atoms with Gasteiger partial charge >= 0.3 is 0 Å². The average molecular weight is 238 g/mol. The van der Waals surface area contributed by atoms with E-state index in [9.17, 15) is 0 Å². The van der Waals surface area contributed by atoms with Crippen molar-refractivity contribution in [1.82, 2.24) is 9.97 Å². The van der Waals surface area contributed by atoms with Crippen molar-refractivity contribution in [2.45, 2.75) is 9.92 Å². The molecule has 82 valence electrons. The van der Waals surface area contributed by atoms with E-state index >= 15 is 0 Å². The summed E-state index contributed by atoms with van der Waals surface area (Å²) >= 11 is 1.66. The van der Waals surface area contributed by atoms with E-state index in [0.717, 1.165) is 15.9 Å². The predicted octanol–water partition coefficient (Wildman–Crippen LogP) is 3.78. The Morgan fingerprint density at radius 1 is 0.824 bits per heavy atom. The maximum Gasteiger partial charge on any atom is 0.101 e. The lowest BCUT2D eigenvalue weighted by molar-refractivity contribution is 1.13. The van der Waals surface area contributed by atoms with Gasteiger partial charge in [0, 0.05) is 22.7 Å². The van der Waals surface area contributed by atoms with Gasteiger partial charge in [-0.2, -0.15) is 0 Å². The molecule has 0 bridgehead atoms. The normalized spacial score (nSPS) is 10.6. The van der Waals surface area contributed by atoms with Crippen LogP contribution in [-0.4, -0.2) is 9.97 Å². The Morgan fingerprint density at radius 2 is 1.76 bits per heavy atom. The van der Waals surface area contributed by atoms with E-state index in [1.54, 1.807) is 11.8 Å². The summed E-state index contributed by atoms with van der Waals surface area (Å²) in [4.78, 5) is 9.79. The van der Waals surface area contributed by atoms with Crippen LogP contribution in [0.3, 0.4) is 0 Å². The first-order valence-electron chi connectivity index (χ1n) is 5.35. The molecule has 0 radical (unpaired) electrons. The SMILES string of the molecule is c1ccc(Sc2ccc3ncccc3c2)nc1. The topological polar surface area (TPSA) is 25.8 Å². The highest BCUT2D eigenvalue weighted by Gasteiger charge is 1.99. The Labute approximate surface area is 104 Å². The number of pyridine rings is 2. The summed E-state index contributed by atoms with van der Waals surface area (Å²) in [5, 5.41) is 2.17. The molecule has 0 spiro atoms. The van der Waals surface area contributed by atoms with Gasteiger partial charge in [0.15, 0.2) is 0 Å². The number of benzene rings is 1. The zero-order valence-corrected chi connectivity index (χ0v) is 9.89. The van der Waals surface area contributed by atoms with E-state index in [0.29, 0.717) is 0 Å². The third kappa shape index (κ3) is 2.29. The average Bonchev–Trinajstić information content (AvgIpc) is 2.40. The second-order valence-corrected chi connectivity index (χ2v) is 4.72. The van der Waals surface area contributed by atoms with Crippen LogP contribution >= 0.6 is 11.8 Å². The molecule has 2 heterocycles. The Kier molecular flexibility index (Phi) is 2.76. The minimum atomic E-state index is 1.01. The molecule has 0 atom stereocenters. The van der Waals surface area contributed by atoms with Gasteiger partial charge in [-0.15, -0.1) is 0 Å². The van der Waals surface area contributed by atoms with Gasteiger partial charge in [-0.05, 0) is 36.4 Å². The molecule has 0 amide bonds. The lowest BCUT2D eigenvalue weighted by Gasteiger charge is -2.02. The Bertz CT molecular complexity index is 638. The molecule has 0 saturated heterocycles. The van der Waals surface area contributed by atoms with E-state index in [2.05, 4.69) is 28.2 Å². The van der Waals surface area contributed by atoms with E-state index in [4.69, 9.17) is 0 Å². The minimum absolute atomic E-state index is 1.01. The fourth-order valence-electron chi connectivity index (χ4n) is 1.65. The smallest absolute Gasteiger partial charge is 0.101 e. The van der Waals surface area contributed by atoms with Crippen LogP contribution in [0.5, 0.6) is 0 Å². The Morgan fingerprint density at radius 3 is 2.65 bits per heavy atom. The third-order valence-electron chi connectivity index (χ3n) is 2.43. The second kappa shape index (κ2) is 4.55. The van der Waals surface area contributed by atoms with Crippen molar-refractivity contribution >= 4 is 22.7 Å². The molecular formula is C14H10N2S. The van der Waals surface area contributed by atoms with E-state index in [-0.39, 0.29) is 0 Å². The molecule has 0 unspecified atom stereocenters. The van der Waals surface area contributed by atoms with Gasteiger partial charge in [0.25, 0.3) is 0 Å². The molecule has 3 rings (SSSR count). The highest BCUT2D eigenvalue weighted by atomic mass is 32.2. The summed E-state index contributed by atoms with van der Waals surface area (Å²) < 4.78 is 0. The van der Waals surface area contributed by atoms with Crippen molar-refractivity contribution in [3.8, 4) is 0 Å². The van der Waals surface area contributed by atoms with Crippen molar-refractivity contribution in [1.29, 1.82) is 0 Å². The lowest BCUT2D eigenvalue weighted by atomic mass is 10.2. The number of hydrogen-bond acceptors (Lipinski definition) is 3. The van der Waals surface area contributed by atoms with Crippen LogP contribution in [-0.2, 0) is 0 Å². The predicted molar refractivity (Wildman–Crippen MR) is 70.1 cm³/mol. The first kappa shape index (κ1) is 10.3. The van der Waals surface area contributed by atoms with Crippen molar-refractivity contribution < 1.29 is 0 Å². The molecule has 0 aliphatic carbocycles. The Balaban J connectivity index is 1.96. The summed E-state index contributed by atoms with van der Waals surface area (Å²) in [6.07, 6.45) is 3.62. The van der Waals surface area contributed by atoms with Crippen LogP contribution in [0.1, 0.15) is 0 Å². The van der Waals surface area contributed by atoms with Crippen LogP contribution in [0.2, 0.25) is 0 Å². The maximum atomic E-state index is 4.30. The fraction of sp³-hybridized carbons (Fsp3) is 0. The van der Waals surface area contributed by atoms with Crippen LogP contribution in [0.25, 0.3) is 10.9 Å². The number of nitrogens with zero attached hydrogens (tertiary/aromatic N) is 2. The second-order valence-electron chi connectivity index (χ2n) is 3.63. The number of hydrogen-bond donors (Lipinski definition) is 0. The molecule has 2 aromatic heterocycles. The standard InChI is InChI=1S/C14H10N2S/c1-2-8-16-14(5-1)17-12-6-7-13-11(10-12)4-3-9-15-13/h1-10H. The van der Waals surface area contributed by atoms with E-state index < -0.39 is 0 Å². The molecule has 17 heavy (non-hydrogen) atoms. The van der Waals surface area contributed by atoms with Crippen molar-refractivity contribution in [3.63, 3.8) is 0 Å². The molecule has 0 aliphatic heterocycles. The van der Waals surface area contributed by atoms with Gasteiger partial charge in [0.2, 0.25) is 0 Å². The van der Waals surface area contributed by atoms with Gasteiger partial charge < -0.3 is 0 Å². The van der Waals surface area contributed by atoms with Crippen molar-refractivity contribution in [2.75, 3.05) is 0 Å². The number of rotatable bonds is 2. The highest BCUT2D eigenvalue weighted by molar-refractivity contribution is 7.99. The van der Waals surface area contributed by atoms with Crippen molar-refractivity contribution in [3.05, 3.63) is 60.9 Å². The highest BCUT2D eigenvalue weighted by Crippen LogP contribution is 2.27. The van der Waals surface area contributed by atoms with E-state index in [1.807, 2.05) is 42.7 Å². The third-order valence-corrected chi connectivity index (χ3v) is 3.37. The molecule has 2 nitrogen and oxygen atoms in total. The summed E-state index contributed by atoms with van der Waals surface area (Å²) in [6.45, 7) is 0. The molecule has 0 fully saturated rings. The van der Waals surface area contributed by atoms with Gasteiger partial charge in [0.05, 0.1) is 5.52 Å². The zero-order valence-electron chi connectivity index (χ0n) is 9.08. The van der Waals surface area contributed by atoms with E-state index in [1.165, 1.54) is 4.90 Å². The summed E-state index contributed by atoms with van der Waals surface area (Å²) in [5.41, 5.74) is 1.03. The van der Waals surface area contributed by atoms with Crippen LogP contribution in [0.15, 0.2) is 70.8 Å². The molecule has 0 aliphatic rings. The first-order valence-corrected chi connectivity index (χ1v) is 6.17. The van der Waals surface area contributed by atoms with Gasteiger partial charge in [-0.3, -0.25) is 4.98 Å². The van der Waals surface area contributed by atoms with Crippen LogP contribution in [0.4, 0.5) is 0 Å². The van der Waals surface area contributed by atoms with Crippen LogP contribution < -0.4 is 0 Å². The monoisotopic (exact) mass is 238 g/mol. The quantitative estimate of drug-likeness (QED) is 0.679. The van der Waals surface area contributed by atoms with Gasteiger partial charge in [-0.1, -0.05) is 23.9 Å². The number of aromatic nitrogens is 2. The largest absolute Gasteiger partial charge is 0.256 e. The summed E-state index contributed by atoms with van der Waals surface area (Å²) in [6, 6.07) is 16.2. The fourth-order valence-corrected chi connectivity index (χ4v) is 2.47. The van der Waals surface area contributed by atoms with Crippen LogP contribution in [0, 0.1) is 0 Å². The van der Waals surface area contributed by atoms with Gasteiger partial charge in [-0.25, -0.2) is 4.98 Å². The molecular weight excluding hydrogens is 228 g/mol. The van der Waals surface area contributed by atoms with Gasteiger partial charge in [0.1, 0.15) is 5.03 Å². The maximum absolute atomic E-state index is 4.30. The number of fused-ring (bicyclic) bond motifs is 1. The summed E-state index contributed by atoms with van der Waals surface area (Å²) in [7, 11) is 0.